The predicted molar refractivity (Wildman–Crippen MR) is 76.4 cm³/mol. The standard InChI is InChI=1S/C13H17N3O3S/c1-18-13(17)9-16-8-11(14-15-16)10-20(19-2)12-6-4-3-5-7-12/h3-8,20H,9-10H2,1-2H3. The Balaban J connectivity index is 2.03. The van der Waals surface area contributed by atoms with Crippen molar-refractivity contribution < 1.29 is 13.7 Å². The Bertz CT molecular complexity index is 559. The lowest BCUT2D eigenvalue weighted by molar-refractivity contribution is -0.141. The number of carbonyl (C=O) groups excluding carboxylic acids is 1. The summed E-state index contributed by atoms with van der Waals surface area (Å²) in [7, 11) is 3.04. The van der Waals surface area contributed by atoms with E-state index in [-0.39, 0.29) is 12.5 Å². The summed E-state index contributed by atoms with van der Waals surface area (Å²) in [5.41, 5.74) is 0.797. The van der Waals surface area contributed by atoms with Crippen molar-refractivity contribution in [1.29, 1.82) is 0 Å². The van der Waals surface area contributed by atoms with Gasteiger partial charge in [0.15, 0.2) is 0 Å². The molecule has 20 heavy (non-hydrogen) atoms. The summed E-state index contributed by atoms with van der Waals surface area (Å²) in [6.07, 6.45) is 1.74. The molecule has 0 spiro atoms. The molecule has 0 amide bonds. The van der Waals surface area contributed by atoms with Crippen LogP contribution in [-0.2, 0) is 26.0 Å². The molecule has 1 heterocycles. The molecule has 0 aliphatic carbocycles. The highest BCUT2D eigenvalue weighted by Crippen LogP contribution is 2.38. The van der Waals surface area contributed by atoms with Gasteiger partial charge in [-0.2, -0.15) is 0 Å². The van der Waals surface area contributed by atoms with Crippen molar-refractivity contribution in [2.75, 3.05) is 14.2 Å². The molecule has 1 atom stereocenters. The summed E-state index contributed by atoms with van der Waals surface area (Å²) < 4.78 is 11.6. The fourth-order valence-electron chi connectivity index (χ4n) is 1.69. The van der Waals surface area contributed by atoms with Crippen LogP contribution in [0.2, 0.25) is 0 Å². The maximum Gasteiger partial charge on any atom is 0.327 e. The second kappa shape index (κ2) is 7.06. The van der Waals surface area contributed by atoms with Gasteiger partial charge in [-0.25, -0.2) is 4.68 Å². The summed E-state index contributed by atoms with van der Waals surface area (Å²) in [5.74, 6) is 0.315. The lowest BCUT2D eigenvalue weighted by Crippen LogP contribution is -2.11. The van der Waals surface area contributed by atoms with Crippen LogP contribution in [-0.4, -0.2) is 35.2 Å². The van der Waals surface area contributed by atoms with E-state index in [1.807, 2.05) is 30.3 Å². The number of carbonyl (C=O) groups is 1. The van der Waals surface area contributed by atoms with E-state index < -0.39 is 11.2 Å². The Hall–Kier alpha value is -1.86. The fourth-order valence-corrected chi connectivity index (χ4v) is 3.15. The number of hydrogen-bond donors (Lipinski definition) is 1. The average molecular weight is 295 g/mol. The molecule has 1 aromatic carbocycles. The van der Waals surface area contributed by atoms with E-state index in [0.717, 1.165) is 10.6 Å². The highest BCUT2D eigenvalue weighted by atomic mass is 32.2. The summed E-state index contributed by atoms with van der Waals surface area (Å²) in [4.78, 5) is 12.3. The Morgan fingerprint density at radius 1 is 1.30 bits per heavy atom. The zero-order valence-electron chi connectivity index (χ0n) is 11.4. The van der Waals surface area contributed by atoms with Crippen molar-refractivity contribution >= 4 is 17.1 Å². The van der Waals surface area contributed by atoms with Crippen LogP contribution in [0.15, 0.2) is 41.4 Å². The van der Waals surface area contributed by atoms with Crippen LogP contribution in [0.1, 0.15) is 5.69 Å². The van der Waals surface area contributed by atoms with E-state index in [1.165, 1.54) is 11.8 Å². The van der Waals surface area contributed by atoms with E-state index in [0.29, 0.717) is 5.75 Å². The number of nitrogens with zero attached hydrogens (tertiary/aromatic N) is 3. The first kappa shape index (κ1) is 14.5. The normalized spacial score (nSPS) is 13.0. The van der Waals surface area contributed by atoms with Crippen molar-refractivity contribution in [3.05, 3.63) is 42.2 Å². The Labute approximate surface area is 120 Å². The molecule has 1 unspecified atom stereocenters. The van der Waals surface area contributed by atoms with Crippen LogP contribution in [0.3, 0.4) is 0 Å². The fraction of sp³-hybridized carbons (Fsp3) is 0.308. The molecule has 7 heteroatoms. The Morgan fingerprint density at radius 2 is 2.05 bits per heavy atom. The van der Waals surface area contributed by atoms with Crippen LogP contribution in [0.4, 0.5) is 0 Å². The van der Waals surface area contributed by atoms with Crippen molar-refractivity contribution in [2.24, 2.45) is 0 Å². The van der Waals surface area contributed by atoms with Gasteiger partial charge in [-0.1, -0.05) is 23.4 Å². The second-order valence-corrected chi connectivity index (χ2v) is 5.99. The molecule has 1 aromatic heterocycles. The van der Waals surface area contributed by atoms with Gasteiger partial charge in [0.05, 0.1) is 12.8 Å². The van der Waals surface area contributed by atoms with E-state index in [1.54, 1.807) is 13.3 Å². The van der Waals surface area contributed by atoms with Crippen LogP contribution in [0.25, 0.3) is 0 Å². The summed E-state index contributed by atoms with van der Waals surface area (Å²) in [6.45, 7) is 0.0692. The molecule has 0 N–H and O–H groups in total. The molecule has 2 rings (SSSR count). The first-order valence-electron chi connectivity index (χ1n) is 6.05. The summed E-state index contributed by atoms with van der Waals surface area (Å²) in [6, 6.07) is 10.0. The van der Waals surface area contributed by atoms with Gasteiger partial charge in [0.1, 0.15) is 6.54 Å². The zero-order chi connectivity index (χ0) is 14.4. The topological polar surface area (TPSA) is 66.2 Å². The van der Waals surface area contributed by atoms with E-state index in [4.69, 9.17) is 4.18 Å². The number of aromatic nitrogens is 3. The molecule has 108 valence electrons. The van der Waals surface area contributed by atoms with E-state index in [2.05, 4.69) is 15.0 Å². The van der Waals surface area contributed by atoms with Crippen LogP contribution in [0.5, 0.6) is 0 Å². The van der Waals surface area contributed by atoms with Crippen molar-refractivity contribution in [2.45, 2.75) is 17.2 Å². The molecule has 6 nitrogen and oxygen atoms in total. The quantitative estimate of drug-likeness (QED) is 0.647. The first-order chi connectivity index (χ1) is 9.72. The Morgan fingerprint density at radius 3 is 2.70 bits per heavy atom. The van der Waals surface area contributed by atoms with Crippen molar-refractivity contribution in [3.8, 4) is 0 Å². The van der Waals surface area contributed by atoms with E-state index >= 15 is 0 Å². The number of hydrogen-bond acceptors (Lipinski definition) is 5. The van der Waals surface area contributed by atoms with Crippen molar-refractivity contribution in [1.82, 2.24) is 15.0 Å². The predicted octanol–water partition coefficient (Wildman–Crippen LogP) is 1.57. The highest BCUT2D eigenvalue weighted by molar-refractivity contribution is 8.12. The molecular formula is C13H17N3O3S. The monoisotopic (exact) mass is 295 g/mol. The largest absolute Gasteiger partial charge is 0.468 e. The van der Waals surface area contributed by atoms with Gasteiger partial charge in [0.2, 0.25) is 0 Å². The minimum atomic E-state index is -0.772. The van der Waals surface area contributed by atoms with Gasteiger partial charge in [-0.3, -0.25) is 4.79 Å². The number of thiol groups is 1. The number of ether oxygens (including phenoxy) is 1. The van der Waals surface area contributed by atoms with Crippen LogP contribution >= 0.6 is 11.2 Å². The lowest BCUT2D eigenvalue weighted by atomic mass is 10.4. The van der Waals surface area contributed by atoms with Gasteiger partial charge < -0.3 is 8.92 Å². The number of esters is 1. The number of rotatable bonds is 6. The smallest absolute Gasteiger partial charge is 0.327 e. The zero-order valence-corrected chi connectivity index (χ0v) is 12.3. The molecule has 0 fully saturated rings. The van der Waals surface area contributed by atoms with Gasteiger partial charge in [-0.05, 0) is 12.1 Å². The van der Waals surface area contributed by atoms with E-state index in [9.17, 15) is 4.79 Å². The number of methoxy groups -OCH3 is 1. The molecule has 2 aromatic rings. The summed E-state index contributed by atoms with van der Waals surface area (Å²) >= 11 is -0.772. The Kier molecular flexibility index (Phi) is 5.14. The third kappa shape index (κ3) is 3.82. The molecule has 0 radical (unpaired) electrons. The lowest BCUT2D eigenvalue weighted by Gasteiger charge is -2.18. The highest BCUT2D eigenvalue weighted by Gasteiger charge is 2.11. The molecular weight excluding hydrogens is 278 g/mol. The van der Waals surface area contributed by atoms with Gasteiger partial charge in [-0.15, -0.1) is 16.3 Å². The minimum absolute atomic E-state index is 0.0692. The molecule has 0 saturated heterocycles. The minimum Gasteiger partial charge on any atom is -0.468 e. The number of benzene rings is 1. The summed E-state index contributed by atoms with van der Waals surface area (Å²) in [5, 5.41) is 7.96. The molecule has 0 bridgehead atoms. The van der Waals surface area contributed by atoms with Gasteiger partial charge >= 0.3 is 5.97 Å². The second-order valence-electron chi connectivity index (χ2n) is 4.04. The van der Waals surface area contributed by atoms with Gasteiger partial charge in [0, 0.05) is 24.0 Å². The first-order valence-corrected chi connectivity index (χ1v) is 7.50. The van der Waals surface area contributed by atoms with Crippen LogP contribution < -0.4 is 0 Å². The maximum absolute atomic E-state index is 11.2. The maximum atomic E-state index is 11.2. The average Bonchev–Trinajstić information content (AvgIpc) is 2.92. The molecule has 0 aliphatic heterocycles. The van der Waals surface area contributed by atoms with Crippen molar-refractivity contribution in [3.63, 3.8) is 0 Å². The third-order valence-corrected chi connectivity index (χ3v) is 4.60. The third-order valence-electron chi connectivity index (χ3n) is 2.68. The molecule has 0 aliphatic rings. The molecule has 0 saturated carbocycles. The van der Waals surface area contributed by atoms with Gasteiger partial charge in [0.25, 0.3) is 0 Å². The SMILES string of the molecule is COC(=O)Cn1cc(C[SH](OC)c2ccccc2)nn1. The van der Waals surface area contributed by atoms with Crippen LogP contribution in [0, 0.1) is 0 Å².